The zero-order valence-electron chi connectivity index (χ0n) is 16.2. The molecule has 1 aromatic heterocycles. The lowest BCUT2D eigenvalue weighted by atomic mass is 9.73. The maximum atomic E-state index is 13.3. The number of nitrogens with one attached hydrogen (secondary N) is 2. The largest absolute Gasteiger partial charge is 0.459 e. The first-order valence-corrected chi connectivity index (χ1v) is 10.5. The summed E-state index contributed by atoms with van der Waals surface area (Å²) in [5, 5.41) is 5.80. The highest BCUT2D eigenvalue weighted by molar-refractivity contribution is 9.10. The number of ether oxygens (including phenoxy) is 1. The van der Waals surface area contributed by atoms with Gasteiger partial charge in [-0.15, -0.1) is 0 Å². The van der Waals surface area contributed by atoms with Crippen molar-refractivity contribution < 1.29 is 18.7 Å². The Balaban J connectivity index is 1.48. The molecular formula is C23H21BrN2O4. The number of benzene rings is 2. The molecule has 1 aliphatic heterocycles. The molecule has 2 aromatic carbocycles. The van der Waals surface area contributed by atoms with Gasteiger partial charge in [0.05, 0.1) is 11.7 Å². The van der Waals surface area contributed by atoms with Crippen molar-refractivity contribution in [3.8, 4) is 0 Å². The second-order valence-electron chi connectivity index (χ2n) is 7.16. The number of hydrogen-bond acceptors (Lipinski definition) is 4. The van der Waals surface area contributed by atoms with Gasteiger partial charge < -0.3 is 19.8 Å². The molecule has 0 atom stereocenters. The Morgan fingerprint density at radius 2 is 1.50 bits per heavy atom. The van der Waals surface area contributed by atoms with Crippen LogP contribution in [0.1, 0.15) is 29.0 Å². The number of carbonyl (C=O) groups is 2. The van der Waals surface area contributed by atoms with Gasteiger partial charge in [-0.3, -0.25) is 9.59 Å². The van der Waals surface area contributed by atoms with Crippen molar-refractivity contribution in [3.63, 3.8) is 0 Å². The van der Waals surface area contributed by atoms with Gasteiger partial charge in [0.25, 0.3) is 5.91 Å². The molecule has 2 N–H and O–H groups in total. The Labute approximate surface area is 182 Å². The van der Waals surface area contributed by atoms with E-state index in [-0.39, 0.29) is 17.6 Å². The van der Waals surface area contributed by atoms with Crippen molar-refractivity contribution in [1.29, 1.82) is 0 Å². The highest BCUT2D eigenvalue weighted by atomic mass is 79.9. The van der Waals surface area contributed by atoms with Gasteiger partial charge in [-0.1, -0.05) is 28.1 Å². The zero-order chi connectivity index (χ0) is 21.0. The van der Waals surface area contributed by atoms with Crippen molar-refractivity contribution in [2.45, 2.75) is 18.3 Å². The van der Waals surface area contributed by atoms with E-state index in [2.05, 4.69) is 26.6 Å². The summed E-state index contributed by atoms with van der Waals surface area (Å²) in [6.07, 6.45) is 2.70. The van der Waals surface area contributed by atoms with E-state index in [9.17, 15) is 9.59 Å². The number of halogens is 1. The molecular weight excluding hydrogens is 448 g/mol. The minimum Gasteiger partial charge on any atom is -0.459 e. The summed E-state index contributed by atoms with van der Waals surface area (Å²) >= 11 is 3.45. The van der Waals surface area contributed by atoms with E-state index in [1.165, 1.54) is 6.26 Å². The molecule has 0 unspecified atom stereocenters. The van der Waals surface area contributed by atoms with E-state index >= 15 is 0 Å². The standard InChI is InChI=1S/C23H21BrN2O4/c24-17-5-3-16(4-6-17)23(11-14-29-15-12-23)22(28)26-19-9-7-18(8-10-19)25-21(27)20-2-1-13-30-20/h1-10,13H,11-12,14-15H2,(H,25,27)(H,26,28). The zero-order valence-corrected chi connectivity index (χ0v) is 17.8. The first-order chi connectivity index (χ1) is 14.6. The summed E-state index contributed by atoms with van der Waals surface area (Å²) in [7, 11) is 0. The van der Waals surface area contributed by atoms with Gasteiger partial charge >= 0.3 is 0 Å². The van der Waals surface area contributed by atoms with Crippen LogP contribution in [0.15, 0.2) is 75.8 Å². The fourth-order valence-electron chi connectivity index (χ4n) is 3.62. The third-order valence-corrected chi connectivity index (χ3v) is 5.85. The summed E-state index contributed by atoms with van der Waals surface area (Å²) in [6.45, 7) is 1.09. The number of anilines is 2. The molecule has 0 aliphatic carbocycles. The fourth-order valence-corrected chi connectivity index (χ4v) is 3.89. The quantitative estimate of drug-likeness (QED) is 0.553. The molecule has 2 amide bonds. The van der Waals surface area contributed by atoms with Gasteiger partial charge in [0.15, 0.2) is 5.76 Å². The third kappa shape index (κ3) is 4.32. The van der Waals surface area contributed by atoms with Crippen molar-refractivity contribution in [3.05, 3.63) is 82.7 Å². The first-order valence-electron chi connectivity index (χ1n) is 9.67. The van der Waals surface area contributed by atoms with Crippen molar-refractivity contribution in [1.82, 2.24) is 0 Å². The van der Waals surface area contributed by atoms with Crippen LogP contribution in [0.3, 0.4) is 0 Å². The average Bonchev–Trinajstić information content (AvgIpc) is 3.31. The highest BCUT2D eigenvalue weighted by Gasteiger charge is 2.41. The fraction of sp³-hybridized carbons (Fsp3) is 0.217. The third-order valence-electron chi connectivity index (χ3n) is 5.32. The van der Waals surface area contributed by atoms with Crippen LogP contribution in [0.25, 0.3) is 0 Å². The van der Waals surface area contributed by atoms with E-state index in [0.29, 0.717) is 37.4 Å². The Bertz CT molecular complexity index is 1010. The Kier molecular flexibility index (Phi) is 6.01. The second-order valence-corrected chi connectivity index (χ2v) is 8.08. The summed E-state index contributed by atoms with van der Waals surface area (Å²) in [6, 6.07) is 18.2. The minimum absolute atomic E-state index is 0.0551. The second kappa shape index (κ2) is 8.85. The van der Waals surface area contributed by atoms with Gasteiger partial charge in [0.2, 0.25) is 5.91 Å². The van der Waals surface area contributed by atoms with Crippen molar-refractivity contribution in [2.24, 2.45) is 0 Å². The van der Waals surface area contributed by atoms with Gasteiger partial charge in [-0.2, -0.15) is 0 Å². The molecule has 3 aromatic rings. The maximum absolute atomic E-state index is 13.3. The molecule has 154 valence electrons. The van der Waals surface area contributed by atoms with E-state index in [4.69, 9.17) is 9.15 Å². The van der Waals surface area contributed by atoms with Crippen LogP contribution in [-0.2, 0) is 14.9 Å². The van der Waals surface area contributed by atoms with Gasteiger partial charge in [-0.25, -0.2) is 0 Å². The lowest BCUT2D eigenvalue weighted by Crippen LogP contribution is -2.44. The summed E-state index contributed by atoms with van der Waals surface area (Å²) in [5.74, 6) is -0.142. The van der Waals surface area contributed by atoms with Crippen LogP contribution in [-0.4, -0.2) is 25.0 Å². The molecule has 2 heterocycles. The first kappa shape index (κ1) is 20.4. The molecule has 0 spiro atoms. The van der Waals surface area contributed by atoms with Crippen LogP contribution >= 0.6 is 15.9 Å². The van der Waals surface area contributed by atoms with Crippen LogP contribution < -0.4 is 10.6 Å². The predicted molar refractivity (Wildman–Crippen MR) is 118 cm³/mol. The number of amides is 2. The molecule has 0 radical (unpaired) electrons. The van der Waals surface area contributed by atoms with Crippen LogP contribution in [0.5, 0.6) is 0 Å². The van der Waals surface area contributed by atoms with Crippen LogP contribution in [0.4, 0.5) is 11.4 Å². The van der Waals surface area contributed by atoms with Gasteiger partial charge in [-0.05, 0) is 66.9 Å². The molecule has 1 aliphatic rings. The van der Waals surface area contributed by atoms with E-state index in [1.54, 1.807) is 36.4 Å². The Morgan fingerprint density at radius 1 is 0.867 bits per heavy atom. The molecule has 1 saturated heterocycles. The summed E-state index contributed by atoms with van der Waals surface area (Å²) in [5.41, 5.74) is 1.63. The SMILES string of the molecule is O=C(Nc1ccc(NC(=O)C2(c3ccc(Br)cc3)CCOCC2)cc1)c1ccco1. The number of furan rings is 1. The summed E-state index contributed by atoms with van der Waals surface area (Å²) in [4.78, 5) is 25.4. The predicted octanol–water partition coefficient (Wildman–Crippen LogP) is 4.98. The lowest BCUT2D eigenvalue weighted by Gasteiger charge is -2.36. The summed E-state index contributed by atoms with van der Waals surface area (Å²) < 4.78 is 11.6. The molecule has 1 fully saturated rings. The van der Waals surface area contributed by atoms with E-state index in [1.807, 2.05) is 24.3 Å². The topological polar surface area (TPSA) is 80.6 Å². The number of hydrogen-bond donors (Lipinski definition) is 2. The monoisotopic (exact) mass is 468 g/mol. The average molecular weight is 469 g/mol. The molecule has 4 rings (SSSR count). The number of rotatable bonds is 5. The van der Waals surface area contributed by atoms with Crippen molar-refractivity contribution in [2.75, 3.05) is 23.8 Å². The Morgan fingerprint density at radius 3 is 2.10 bits per heavy atom. The highest BCUT2D eigenvalue weighted by Crippen LogP contribution is 2.36. The van der Waals surface area contributed by atoms with E-state index < -0.39 is 5.41 Å². The van der Waals surface area contributed by atoms with Gasteiger partial charge in [0, 0.05) is 29.1 Å². The molecule has 30 heavy (non-hydrogen) atoms. The van der Waals surface area contributed by atoms with E-state index in [0.717, 1.165) is 10.0 Å². The smallest absolute Gasteiger partial charge is 0.291 e. The minimum atomic E-state index is -0.634. The molecule has 0 bridgehead atoms. The maximum Gasteiger partial charge on any atom is 0.291 e. The van der Waals surface area contributed by atoms with Crippen LogP contribution in [0.2, 0.25) is 0 Å². The lowest BCUT2D eigenvalue weighted by molar-refractivity contribution is -0.125. The number of carbonyl (C=O) groups excluding carboxylic acids is 2. The van der Waals surface area contributed by atoms with Gasteiger partial charge in [0.1, 0.15) is 0 Å². The molecule has 7 heteroatoms. The molecule has 0 saturated carbocycles. The molecule has 6 nitrogen and oxygen atoms in total. The Hall–Kier alpha value is -2.90. The normalized spacial score (nSPS) is 15.4. The van der Waals surface area contributed by atoms with Crippen LogP contribution in [0, 0.1) is 0 Å². The van der Waals surface area contributed by atoms with Crippen molar-refractivity contribution >= 4 is 39.1 Å².